The molecule has 4 rings (SSSR count). The lowest BCUT2D eigenvalue weighted by Crippen LogP contribution is -2.24. The number of rotatable bonds is 5. The maximum absolute atomic E-state index is 13.1. The summed E-state index contributed by atoms with van der Waals surface area (Å²) in [4.78, 5) is 8.32. The van der Waals surface area contributed by atoms with E-state index in [0.29, 0.717) is 41.7 Å². The first-order valence-electron chi connectivity index (χ1n) is 8.47. The number of sulfonamides is 1. The molecule has 0 amide bonds. The second-order valence-corrected chi connectivity index (χ2v) is 7.80. The molecule has 28 heavy (non-hydrogen) atoms. The van der Waals surface area contributed by atoms with Crippen LogP contribution in [0.1, 0.15) is 5.69 Å². The first kappa shape index (κ1) is 18.3. The van der Waals surface area contributed by atoms with E-state index in [-0.39, 0.29) is 17.3 Å². The minimum atomic E-state index is -3.77. The van der Waals surface area contributed by atoms with Gasteiger partial charge in [0.2, 0.25) is 10.0 Å². The average Bonchev–Trinajstić information content (AvgIpc) is 2.73. The van der Waals surface area contributed by atoms with E-state index in [1.165, 1.54) is 30.6 Å². The molecule has 0 saturated carbocycles. The average molecular weight is 401 g/mol. The lowest BCUT2D eigenvalue weighted by molar-refractivity contribution is 0.171. The van der Waals surface area contributed by atoms with Crippen molar-refractivity contribution in [1.29, 1.82) is 0 Å². The van der Waals surface area contributed by atoms with Gasteiger partial charge in [0.05, 0.1) is 22.8 Å². The molecule has 1 aliphatic heterocycles. The van der Waals surface area contributed by atoms with Crippen molar-refractivity contribution in [2.24, 2.45) is 0 Å². The van der Waals surface area contributed by atoms with Crippen molar-refractivity contribution in [2.75, 3.05) is 13.2 Å². The van der Waals surface area contributed by atoms with Gasteiger partial charge in [-0.15, -0.1) is 0 Å². The zero-order valence-corrected chi connectivity index (χ0v) is 15.4. The molecule has 1 N–H and O–H groups in total. The first-order valence-corrected chi connectivity index (χ1v) is 9.96. The van der Waals surface area contributed by atoms with E-state index in [9.17, 15) is 12.8 Å². The molecule has 1 aromatic heterocycles. The molecule has 0 bridgehead atoms. The third-order valence-electron chi connectivity index (χ3n) is 4.13. The highest BCUT2D eigenvalue weighted by Gasteiger charge is 2.19. The molecular formula is C19H16FN3O4S. The first-order chi connectivity index (χ1) is 13.5. The van der Waals surface area contributed by atoms with Crippen LogP contribution < -0.4 is 14.2 Å². The minimum absolute atomic E-state index is 0.0203. The Balaban J connectivity index is 1.51. The molecular weight excluding hydrogens is 385 g/mol. The monoisotopic (exact) mass is 401 g/mol. The molecule has 0 aliphatic carbocycles. The number of nitrogens with zero attached hydrogens (tertiary/aromatic N) is 2. The third kappa shape index (κ3) is 3.95. The molecule has 144 valence electrons. The van der Waals surface area contributed by atoms with Crippen molar-refractivity contribution in [3.63, 3.8) is 0 Å². The van der Waals surface area contributed by atoms with Crippen molar-refractivity contribution in [2.45, 2.75) is 11.4 Å². The van der Waals surface area contributed by atoms with E-state index in [4.69, 9.17) is 9.47 Å². The van der Waals surface area contributed by atoms with Gasteiger partial charge in [-0.05, 0) is 42.5 Å². The predicted octanol–water partition coefficient (Wildman–Crippen LogP) is 2.53. The summed E-state index contributed by atoms with van der Waals surface area (Å²) < 4.78 is 51.6. The molecule has 2 heterocycles. The van der Waals surface area contributed by atoms with Gasteiger partial charge in [0, 0.05) is 11.6 Å². The molecule has 0 saturated heterocycles. The fourth-order valence-corrected chi connectivity index (χ4v) is 3.73. The molecule has 2 aromatic carbocycles. The standard InChI is InChI=1S/C19H16FN3O4S/c20-14-3-1-13(2-4-14)17-9-15(21-12-22-17)11-23-28(24,25)16-5-6-18-19(10-16)27-8-7-26-18/h1-6,9-10,12,23H,7-8,11H2. The van der Waals surface area contributed by atoms with Gasteiger partial charge in [0.1, 0.15) is 25.4 Å². The molecule has 0 radical (unpaired) electrons. The Hall–Kier alpha value is -3.04. The number of fused-ring (bicyclic) bond motifs is 1. The van der Waals surface area contributed by atoms with Gasteiger partial charge < -0.3 is 9.47 Å². The van der Waals surface area contributed by atoms with Crippen molar-refractivity contribution >= 4 is 10.0 Å². The molecule has 7 nitrogen and oxygen atoms in total. The third-order valence-corrected chi connectivity index (χ3v) is 5.53. The topological polar surface area (TPSA) is 90.4 Å². The summed E-state index contributed by atoms with van der Waals surface area (Å²) >= 11 is 0. The summed E-state index contributed by atoms with van der Waals surface area (Å²) in [6, 6.07) is 12.0. The quantitative estimate of drug-likeness (QED) is 0.707. The number of hydrogen-bond acceptors (Lipinski definition) is 6. The molecule has 9 heteroatoms. The Kier molecular flexibility index (Phi) is 4.93. The Bertz CT molecular complexity index is 1100. The summed E-state index contributed by atoms with van der Waals surface area (Å²) in [5.41, 5.74) is 1.76. The smallest absolute Gasteiger partial charge is 0.241 e. The second kappa shape index (κ2) is 7.53. The van der Waals surface area contributed by atoms with Gasteiger partial charge >= 0.3 is 0 Å². The van der Waals surface area contributed by atoms with Crippen LogP contribution in [-0.2, 0) is 16.6 Å². The number of ether oxygens (including phenoxy) is 2. The molecule has 0 unspecified atom stereocenters. The van der Waals surface area contributed by atoms with Gasteiger partial charge in [-0.3, -0.25) is 0 Å². The zero-order chi connectivity index (χ0) is 19.6. The Morgan fingerprint density at radius 2 is 1.71 bits per heavy atom. The van der Waals surface area contributed by atoms with Crippen molar-refractivity contribution < 1.29 is 22.3 Å². The number of nitrogens with one attached hydrogen (secondary N) is 1. The summed E-state index contributed by atoms with van der Waals surface area (Å²) in [5.74, 6) is 0.574. The predicted molar refractivity (Wildman–Crippen MR) is 98.9 cm³/mol. The van der Waals surface area contributed by atoms with Crippen LogP contribution in [0.25, 0.3) is 11.3 Å². The van der Waals surface area contributed by atoms with E-state index in [1.807, 2.05) is 0 Å². The maximum Gasteiger partial charge on any atom is 0.241 e. The fourth-order valence-electron chi connectivity index (χ4n) is 2.72. The summed E-state index contributed by atoms with van der Waals surface area (Å²) in [5, 5.41) is 0. The number of benzene rings is 2. The van der Waals surface area contributed by atoms with Crippen molar-refractivity contribution in [3.8, 4) is 22.8 Å². The zero-order valence-electron chi connectivity index (χ0n) is 14.6. The Morgan fingerprint density at radius 3 is 2.50 bits per heavy atom. The maximum atomic E-state index is 13.1. The van der Waals surface area contributed by atoms with E-state index in [1.54, 1.807) is 24.3 Å². The number of hydrogen-bond donors (Lipinski definition) is 1. The van der Waals surface area contributed by atoms with Gasteiger partial charge in [0.25, 0.3) is 0 Å². The van der Waals surface area contributed by atoms with E-state index < -0.39 is 10.0 Å². The molecule has 0 fully saturated rings. The number of halogens is 1. The molecule has 0 atom stereocenters. The van der Waals surface area contributed by atoms with Crippen LogP contribution in [0.5, 0.6) is 11.5 Å². The minimum Gasteiger partial charge on any atom is -0.486 e. The Labute approximate surface area is 161 Å². The van der Waals surface area contributed by atoms with Crippen molar-refractivity contribution in [1.82, 2.24) is 14.7 Å². The highest BCUT2D eigenvalue weighted by atomic mass is 32.2. The van der Waals surface area contributed by atoms with E-state index >= 15 is 0 Å². The van der Waals surface area contributed by atoms with Gasteiger partial charge in [0.15, 0.2) is 11.5 Å². The lowest BCUT2D eigenvalue weighted by Gasteiger charge is -2.18. The SMILES string of the molecule is O=S(=O)(NCc1cc(-c2ccc(F)cc2)ncn1)c1ccc2c(c1)OCCO2. The lowest BCUT2D eigenvalue weighted by atomic mass is 10.1. The van der Waals surface area contributed by atoms with Crippen LogP contribution >= 0.6 is 0 Å². The van der Waals surface area contributed by atoms with Crippen LogP contribution in [-0.4, -0.2) is 31.6 Å². The highest BCUT2D eigenvalue weighted by Crippen LogP contribution is 2.32. The van der Waals surface area contributed by atoms with Crippen LogP contribution in [0.2, 0.25) is 0 Å². The van der Waals surface area contributed by atoms with Crippen LogP contribution in [0.4, 0.5) is 4.39 Å². The van der Waals surface area contributed by atoms with E-state index in [2.05, 4.69) is 14.7 Å². The Morgan fingerprint density at radius 1 is 0.964 bits per heavy atom. The van der Waals surface area contributed by atoms with Crippen molar-refractivity contribution in [3.05, 3.63) is 66.4 Å². The van der Waals surface area contributed by atoms with Crippen LogP contribution in [0, 0.1) is 5.82 Å². The summed E-state index contributed by atoms with van der Waals surface area (Å²) in [6.45, 7) is 0.784. The van der Waals surface area contributed by atoms with E-state index in [0.717, 1.165) is 0 Å². The summed E-state index contributed by atoms with van der Waals surface area (Å²) in [6.07, 6.45) is 1.34. The number of aromatic nitrogens is 2. The molecule has 0 spiro atoms. The summed E-state index contributed by atoms with van der Waals surface area (Å²) in [7, 11) is -3.77. The van der Waals surface area contributed by atoms with Gasteiger partial charge in [-0.2, -0.15) is 0 Å². The largest absolute Gasteiger partial charge is 0.486 e. The fraction of sp³-hybridized carbons (Fsp3) is 0.158. The van der Waals surface area contributed by atoms with Gasteiger partial charge in [-0.25, -0.2) is 27.5 Å². The van der Waals surface area contributed by atoms with Crippen LogP contribution in [0.15, 0.2) is 59.8 Å². The van der Waals surface area contributed by atoms with Gasteiger partial charge in [-0.1, -0.05) is 0 Å². The molecule has 1 aliphatic rings. The normalized spacial score (nSPS) is 13.3. The molecule has 3 aromatic rings. The highest BCUT2D eigenvalue weighted by molar-refractivity contribution is 7.89. The second-order valence-electron chi connectivity index (χ2n) is 6.03. The van der Waals surface area contributed by atoms with Crippen LogP contribution in [0.3, 0.4) is 0 Å².